The van der Waals surface area contributed by atoms with E-state index >= 15 is 0 Å². The van der Waals surface area contributed by atoms with Crippen LogP contribution in [0, 0.1) is 0 Å². The highest BCUT2D eigenvalue weighted by Crippen LogP contribution is 2.36. The fourth-order valence-electron chi connectivity index (χ4n) is 2.05. The van der Waals surface area contributed by atoms with Crippen molar-refractivity contribution in [3.05, 3.63) is 58.4 Å². The van der Waals surface area contributed by atoms with Crippen molar-refractivity contribution in [2.75, 3.05) is 6.61 Å². The van der Waals surface area contributed by atoms with Crippen LogP contribution in [0.25, 0.3) is 0 Å². The maximum atomic E-state index is 11.9. The summed E-state index contributed by atoms with van der Waals surface area (Å²) in [4.78, 5) is 11.9. The van der Waals surface area contributed by atoms with E-state index in [1.807, 2.05) is 30.3 Å². The first-order valence-electron chi connectivity index (χ1n) is 8.06. The summed E-state index contributed by atoms with van der Waals surface area (Å²) in [6, 6.07) is 9.90. The first-order chi connectivity index (χ1) is 10.7. The van der Waals surface area contributed by atoms with Crippen LogP contribution in [0.5, 0.6) is 0 Å². The van der Waals surface area contributed by atoms with Gasteiger partial charge in [-0.3, -0.25) is 4.57 Å². The number of oxazole rings is 1. The van der Waals surface area contributed by atoms with Crippen LogP contribution in [0.1, 0.15) is 32.1 Å². The molecule has 0 aliphatic heterocycles. The van der Waals surface area contributed by atoms with Gasteiger partial charge in [-0.05, 0) is 23.7 Å². The zero-order valence-corrected chi connectivity index (χ0v) is 15.8. The topological polar surface area (TPSA) is 44.4 Å². The minimum absolute atomic E-state index is 0.188. The van der Waals surface area contributed by atoms with E-state index < -0.39 is 8.32 Å². The second-order valence-corrected chi connectivity index (χ2v) is 12.2. The molecule has 0 unspecified atom stereocenters. The van der Waals surface area contributed by atoms with Gasteiger partial charge >= 0.3 is 5.76 Å². The smallest absolute Gasteiger partial charge is 0.416 e. The molecule has 0 saturated heterocycles. The molecular formula is C18H27NO3Si. The Balaban J connectivity index is 1.95. The van der Waals surface area contributed by atoms with E-state index in [4.69, 9.17) is 8.84 Å². The molecule has 0 spiro atoms. The molecule has 5 heteroatoms. The molecule has 0 aliphatic rings. The molecule has 1 aromatic carbocycles. The van der Waals surface area contributed by atoms with Crippen LogP contribution in [0.15, 0.2) is 45.7 Å². The van der Waals surface area contributed by atoms with E-state index in [0.717, 1.165) is 5.56 Å². The van der Waals surface area contributed by atoms with Gasteiger partial charge in [-0.1, -0.05) is 51.1 Å². The summed E-state index contributed by atoms with van der Waals surface area (Å²) < 4.78 is 13.1. The average Bonchev–Trinajstić information content (AvgIpc) is 2.79. The summed E-state index contributed by atoms with van der Waals surface area (Å²) in [5.74, 6) is 0.376. The Labute approximate surface area is 139 Å². The van der Waals surface area contributed by atoms with Gasteiger partial charge in [-0.15, -0.1) is 0 Å². The molecular weight excluding hydrogens is 306 g/mol. The van der Waals surface area contributed by atoms with Crippen LogP contribution in [0.2, 0.25) is 18.1 Å². The van der Waals surface area contributed by atoms with Crippen molar-refractivity contribution in [1.29, 1.82) is 0 Å². The van der Waals surface area contributed by atoms with Crippen LogP contribution in [-0.2, 0) is 17.4 Å². The van der Waals surface area contributed by atoms with Crippen molar-refractivity contribution in [2.24, 2.45) is 0 Å². The molecule has 1 heterocycles. The molecule has 0 atom stereocenters. The molecule has 0 saturated carbocycles. The Kier molecular flexibility index (Phi) is 5.32. The van der Waals surface area contributed by atoms with Crippen LogP contribution in [0.4, 0.5) is 0 Å². The van der Waals surface area contributed by atoms with E-state index in [2.05, 4.69) is 33.9 Å². The van der Waals surface area contributed by atoms with Crippen LogP contribution in [-0.4, -0.2) is 19.5 Å². The second-order valence-electron chi connectivity index (χ2n) is 7.44. The van der Waals surface area contributed by atoms with Gasteiger partial charge in [0.1, 0.15) is 5.76 Å². The summed E-state index contributed by atoms with van der Waals surface area (Å²) in [5, 5.41) is 0.188. The third kappa shape index (κ3) is 4.69. The molecule has 0 N–H and O–H groups in total. The molecule has 23 heavy (non-hydrogen) atoms. The number of aromatic nitrogens is 1. The first-order valence-corrected chi connectivity index (χ1v) is 11.0. The standard InChI is InChI=1S/C18H27NO3Si/c1-18(2,3)23(4,5)21-12-11-16-14-19(17(20)22-16)13-15-9-7-6-8-10-15/h6-10,14H,11-13H2,1-5H3. The zero-order valence-electron chi connectivity index (χ0n) is 14.8. The van der Waals surface area contributed by atoms with Crippen LogP contribution < -0.4 is 5.76 Å². The van der Waals surface area contributed by atoms with Crippen molar-refractivity contribution >= 4 is 8.32 Å². The molecule has 2 aromatic rings. The lowest BCUT2D eigenvalue weighted by Gasteiger charge is -2.36. The number of benzene rings is 1. The summed E-state index contributed by atoms with van der Waals surface area (Å²) in [6.07, 6.45) is 2.42. The highest BCUT2D eigenvalue weighted by Gasteiger charge is 2.36. The largest absolute Gasteiger partial charge is 0.419 e. The molecule has 0 radical (unpaired) electrons. The van der Waals surface area contributed by atoms with Gasteiger partial charge in [0, 0.05) is 19.2 Å². The molecule has 0 bridgehead atoms. The number of nitrogens with zero attached hydrogens (tertiary/aromatic N) is 1. The minimum Gasteiger partial charge on any atom is -0.416 e. The van der Waals surface area contributed by atoms with Gasteiger partial charge in [0.2, 0.25) is 0 Å². The molecule has 0 amide bonds. The van der Waals surface area contributed by atoms with Gasteiger partial charge in [0.05, 0.1) is 6.54 Å². The molecule has 0 fully saturated rings. The van der Waals surface area contributed by atoms with Gasteiger partial charge in [-0.25, -0.2) is 4.79 Å². The maximum Gasteiger partial charge on any atom is 0.419 e. The molecule has 1 aromatic heterocycles. The SMILES string of the molecule is CC(C)(C)[Si](C)(C)OCCc1cn(Cc2ccccc2)c(=O)o1. The van der Waals surface area contributed by atoms with Crippen molar-refractivity contribution in [3.63, 3.8) is 0 Å². The van der Waals surface area contributed by atoms with Gasteiger partial charge in [0.25, 0.3) is 0 Å². The van der Waals surface area contributed by atoms with Crippen molar-refractivity contribution in [2.45, 2.75) is 51.9 Å². The van der Waals surface area contributed by atoms with E-state index in [9.17, 15) is 4.79 Å². The predicted molar refractivity (Wildman–Crippen MR) is 95.4 cm³/mol. The van der Waals surface area contributed by atoms with Crippen LogP contribution in [0.3, 0.4) is 0 Å². The Morgan fingerprint density at radius 1 is 1.17 bits per heavy atom. The summed E-state index contributed by atoms with van der Waals surface area (Å²) in [6.45, 7) is 12.2. The lowest BCUT2D eigenvalue weighted by atomic mass is 10.2. The van der Waals surface area contributed by atoms with Crippen molar-refractivity contribution < 1.29 is 8.84 Å². The van der Waals surface area contributed by atoms with E-state index in [1.54, 1.807) is 10.8 Å². The Bertz CT molecular complexity index is 680. The Morgan fingerprint density at radius 2 is 1.83 bits per heavy atom. The summed E-state index contributed by atoms with van der Waals surface area (Å²) in [5.41, 5.74) is 1.08. The fourth-order valence-corrected chi connectivity index (χ4v) is 3.10. The highest BCUT2D eigenvalue weighted by atomic mass is 28.4. The maximum absolute atomic E-state index is 11.9. The molecule has 126 valence electrons. The summed E-state index contributed by atoms with van der Waals surface area (Å²) in [7, 11) is -1.75. The van der Waals surface area contributed by atoms with E-state index in [1.165, 1.54) is 0 Å². The molecule has 2 rings (SSSR count). The normalized spacial score (nSPS) is 12.6. The number of rotatable bonds is 6. The summed E-state index contributed by atoms with van der Waals surface area (Å²) >= 11 is 0. The first kappa shape index (κ1) is 17.8. The van der Waals surface area contributed by atoms with Crippen molar-refractivity contribution in [1.82, 2.24) is 4.57 Å². The average molecular weight is 334 g/mol. The second kappa shape index (κ2) is 6.89. The third-order valence-corrected chi connectivity index (χ3v) is 9.10. The minimum atomic E-state index is -1.75. The quantitative estimate of drug-likeness (QED) is 0.749. The van der Waals surface area contributed by atoms with Crippen LogP contribution >= 0.6 is 0 Å². The molecule has 0 aliphatic carbocycles. The highest BCUT2D eigenvalue weighted by molar-refractivity contribution is 6.74. The van der Waals surface area contributed by atoms with Gasteiger partial charge < -0.3 is 8.84 Å². The van der Waals surface area contributed by atoms with Gasteiger partial charge in [-0.2, -0.15) is 0 Å². The zero-order chi connectivity index (χ0) is 17.1. The van der Waals surface area contributed by atoms with Crippen molar-refractivity contribution in [3.8, 4) is 0 Å². The molecule has 4 nitrogen and oxygen atoms in total. The number of hydrogen-bond donors (Lipinski definition) is 0. The third-order valence-electron chi connectivity index (χ3n) is 4.57. The Hall–Kier alpha value is -1.59. The predicted octanol–water partition coefficient (Wildman–Crippen LogP) is 4.05. The number of hydrogen-bond acceptors (Lipinski definition) is 3. The Morgan fingerprint density at radius 3 is 2.43 bits per heavy atom. The monoisotopic (exact) mass is 333 g/mol. The lowest BCUT2D eigenvalue weighted by Crippen LogP contribution is -2.41. The lowest BCUT2D eigenvalue weighted by molar-refractivity contribution is 0.280. The van der Waals surface area contributed by atoms with E-state index in [-0.39, 0.29) is 10.8 Å². The fraction of sp³-hybridized carbons (Fsp3) is 0.500. The van der Waals surface area contributed by atoms with Gasteiger partial charge in [0.15, 0.2) is 8.32 Å². The van der Waals surface area contributed by atoms with E-state index in [0.29, 0.717) is 25.3 Å².